The molecule has 2 atom stereocenters. The van der Waals surface area contributed by atoms with E-state index in [1.54, 1.807) is 25.1 Å². The van der Waals surface area contributed by atoms with Crippen molar-refractivity contribution in [3.05, 3.63) is 95.9 Å². The molecule has 0 aliphatic carbocycles. The molecule has 0 spiro atoms. The van der Waals surface area contributed by atoms with Gasteiger partial charge in [-0.05, 0) is 48.7 Å². The van der Waals surface area contributed by atoms with Gasteiger partial charge >= 0.3 is 12.1 Å². The van der Waals surface area contributed by atoms with Crippen molar-refractivity contribution in [1.82, 2.24) is 15.3 Å². The monoisotopic (exact) mass is 617 g/mol. The van der Waals surface area contributed by atoms with Gasteiger partial charge in [-0.25, -0.2) is 4.79 Å². The zero-order valence-corrected chi connectivity index (χ0v) is 24.6. The summed E-state index contributed by atoms with van der Waals surface area (Å²) >= 11 is 18.0. The fraction of sp³-hybridized carbons (Fsp3) is 0.300. The van der Waals surface area contributed by atoms with Gasteiger partial charge in [0.05, 0.1) is 25.3 Å². The molecule has 2 aromatic carbocycles. The van der Waals surface area contributed by atoms with Crippen molar-refractivity contribution in [1.29, 1.82) is 0 Å². The van der Waals surface area contributed by atoms with Gasteiger partial charge in [-0.2, -0.15) is 0 Å². The second-order valence-corrected chi connectivity index (χ2v) is 11.5. The van der Waals surface area contributed by atoms with Crippen LogP contribution in [0, 0.1) is 0 Å². The number of ether oxygens (including phenoxy) is 3. The Hall–Kier alpha value is -3.46. The van der Waals surface area contributed by atoms with E-state index in [-0.39, 0.29) is 24.9 Å². The number of esters is 1. The number of alkyl carbamates (subject to hydrolysis) is 1. The number of nitrogens with one attached hydrogen (secondary N) is 2. The number of hydrogen-bond donors (Lipinski definition) is 2. The Morgan fingerprint density at radius 1 is 1.05 bits per heavy atom. The number of alkyl halides is 3. The highest BCUT2D eigenvalue weighted by atomic mass is 35.6. The molecule has 2 unspecified atom stereocenters. The maximum absolute atomic E-state index is 12.4. The largest absolute Gasteiger partial charge is 0.493 e. The summed E-state index contributed by atoms with van der Waals surface area (Å²) in [5.74, 6) is 0.273. The summed E-state index contributed by atoms with van der Waals surface area (Å²) in [5.41, 5.74) is 3.25. The number of carbonyl (C=O) groups is 2. The molecule has 11 heteroatoms. The van der Waals surface area contributed by atoms with Crippen LogP contribution in [0.5, 0.6) is 5.75 Å². The number of carbonyl (C=O) groups excluding carboxylic acids is 2. The lowest BCUT2D eigenvalue weighted by Gasteiger charge is -2.23. The predicted octanol–water partition coefficient (Wildman–Crippen LogP) is 7.25. The number of rotatable bonds is 12. The summed E-state index contributed by atoms with van der Waals surface area (Å²) in [6, 6.07) is 20.7. The Morgan fingerprint density at radius 2 is 1.83 bits per heavy atom. The highest BCUT2D eigenvalue weighted by molar-refractivity contribution is 6.68. The Bertz CT molecular complexity index is 1430. The molecule has 2 aromatic heterocycles. The van der Waals surface area contributed by atoms with Gasteiger partial charge in [0.15, 0.2) is 6.10 Å². The van der Waals surface area contributed by atoms with Gasteiger partial charge in [0, 0.05) is 41.8 Å². The van der Waals surface area contributed by atoms with Crippen LogP contribution in [0.15, 0.2) is 79.1 Å². The average molecular weight is 619 g/mol. The molecule has 0 saturated heterocycles. The predicted molar refractivity (Wildman–Crippen MR) is 160 cm³/mol. The number of hydrogen-bond acceptors (Lipinski definition) is 6. The maximum atomic E-state index is 12.4. The summed E-state index contributed by atoms with van der Waals surface area (Å²) in [5, 5.41) is 3.63. The summed E-state index contributed by atoms with van der Waals surface area (Å²) in [4.78, 5) is 32.1. The highest BCUT2D eigenvalue weighted by Gasteiger charge is 2.38. The van der Waals surface area contributed by atoms with Crippen LogP contribution in [0.1, 0.15) is 48.6 Å². The van der Waals surface area contributed by atoms with Gasteiger partial charge in [0.2, 0.25) is 3.79 Å². The number of nitrogens with zero attached hydrogens (tertiary/aromatic N) is 1. The molecule has 0 bridgehead atoms. The molecule has 0 aliphatic heterocycles. The smallest absolute Gasteiger partial charge is 0.407 e. The Labute approximate surface area is 253 Å². The average Bonchev–Trinajstić information content (AvgIpc) is 3.38. The van der Waals surface area contributed by atoms with Crippen molar-refractivity contribution in [2.24, 2.45) is 0 Å². The molecule has 0 aliphatic rings. The van der Waals surface area contributed by atoms with Crippen molar-refractivity contribution in [2.45, 2.75) is 35.6 Å². The van der Waals surface area contributed by atoms with E-state index >= 15 is 0 Å². The number of aromatic amines is 1. The van der Waals surface area contributed by atoms with E-state index in [2.05, 4.69) is 15.3 Å². The van der Waals surface area contributed by atoms with E-state index in [1.165, 1.54) is 6.20 Å². The Morgan fingerprint density at radius 3 is 2.54 bits per heavy atom. The molecule has 4 aromatic rings. The van der Waals surface area contributed by atoms with Crippen molar-refractivity contribution < 1.29 is 23.8 Å². The second kappa shape index (κ2) is 14.4. The van der Waals surface area contributed by atoms with Gasteiger partial charge in [-0.3, -0.25) is 9.78 Å². The summed E-state index contributed by atoms with van der Waals surface area (Å²) in [7, 11) is 0. The first kappa shape index (κ1) is 30.5. The Balaban J connectivity index is 1.32. The van der Waals surface area contributed by atoms with E-state index in [0.717, 1.165) is 22.0 Å². The molecule has 8 nitrogen and oxygen atoms in total. The van der Waals surface area contributed by atoms with Gasteiger partial charge in [0.1, 0.15) is 5.75 Å². The van der Waals surface area contributed by atoms with Crippen LogP contribution in [-0.2, 0) is 14.3 Å². The highest BCUT2D eigenvalue weighted by Crippen LogP contribution is 2.41. The van der Waals surface area contributed by atoms with E-state index in [9.17, 15) is 9.59 Å². The van der Waals surface area contributed by atoms with Crippen LogP contribution in [-0.4, -0.2) is 45.6 Å². The minimum absolute atomic E-state index is 0.152. The molecule has 4 rings (SSSR count). The van der Waals surface area contributed by atoms with Crippen LogP contribution >= 0.6 is 34.8 Å². The maximum Gasteiger partial charge on any atom is 0.407 e. The number of pyridine rings is 1. The number of aromatic nitrogens is 2. The number of H-pyrrole nitrogens is 1. The van der Waals surface area contributed by atoms with Crippen LogP contribution in [0.4, 0.5) is 4.79 Å². The topological polar surface area (TPSA) is 103 Å². The van der Waals surface area contributed by atoms with Crippen molar-refractivity contribution >= 4 is 57.8 Å². The first-order chi connectivity index (χ1) is 19.8. The zero-order valence-electron chi connectivity index (χ0n) is 22.3. The van der Waals surface area contributed by atoms with E-state index < -0.39 is 16.0 Å². The van der Waals surface area contributed by atoms with Crippen molar-refractivity contribution in [3.8, 4) is 5.75 Å². The first-order valence-electron chi connectivity index (χ1n) is 13.1. The zero-order chi connectivity index (χ0) is 29.2. The van der Waals surface area contributed by atoms with Crippen LogP contribution in [0.3, 0.4) is 0 Å². The van der Waals surface area contributed by atoms with Crippen molar-refractivity contribution in [2.75, 3.05) is 19.8 Å². The normalized spacial score (nSPS) is 12.9. The molecule has 2 heterocycles. The van der Waals surface area contributed by atoms with E-state index in [1.807, 2.05) is 54.7 Å². The van der Waals surface area contributed by atoms with Crippen molar-refractivity contribution in [3.63, 3.8) is 0 Å². The lowest BCUT2D eigenvalue weighted by Crippen LogP contribution is -2.32. The fourth-order valence-electron chi connectivity index (χ4n) is 4.41. The lowest BCUT2D eigenvalue weighted by atomic mass is 9.88. The quantitative estimate of drug-likeness (QED) is 0.0985. The van der Waals surface area contributed by atoms with E-state index in [0.29, 0.717) is 31.1 Å². The molecule has 0 saturated carbocycles. The first-order valence-corrected chi connectivity index (χ1v) is 14.3. The van der Waals surface area contributed by atoms with Gasteiger partial charge in [-0.1, -0.05) is 71.2 Å². The van der Waals surface area contributed by atoms with Gasteiger partial charge in [-0.15, -0.1) is 0 Å². The molecular weight excluding hydrogens is 589 g/mol. The molecular formula is C30H30Cl3N3O5. The van der Waals surface area contributed by atoms with Gasteiger partial charge < -0.3 is 24.5 Å². The fourth-order valence-corrected chi connectivity index (χ4v) is 4.88. The molecule has 216 valence electrons. The Kier molecular flexibility index (Phi) is 10.7. The standard InChI is InChI=1S/C30H30Cl3N3O5/c1-2-39-27(37)18-23(20-9-4-3-5-10-20)24-19-36-26-17-21(12-13-22(24)26)40-16-8-15-35-29(38)41-28(30(31,32)33)25-11-6-7-14-34-25/h3-7,9-14,17,19,23,28,36H,2,8,15-16,18H2,1H3,(H,35,38). The number of halogens is 3. The number of amides is 1. The minimum Gasteiger partial charge on any atom is -0.493 e. The summed E-state index contributed by atoms with van der Waals surface area (Å²) in [6.07, 6.45) is 2.30. The third-order valence-electron chi connectivity index (χ3n) is 6.28. The second-order valence-electron chi connectivity index (χ2n) is 9.13. The molecule has 41 heavy (non-hydrogen) atoms. The summed E-state index contributed by atoms with van der Waals surface area (Å²) < 4.78 is 14.6. The van der Waals surface area contributed by atoms with Crippen LogP contribution in [0.25, 0.3) is 10.9 Å². The number of benzene rings is 2. The SMILES string of the molecule is CCOC(=O)CC(c1ccccc1)c1c[nH]c2cc(OCCCNC(=O)OC(c3ccccn3)C(Cl)(Cl)Cl)ccc12. The van der Waals surface area contributed by atoms with Gasteiger partial charge in [0.25, 0.3) is 0 Å². The summed E-state index contributed by atoms with van der Waals surface area (Å²) in [6.45, 7) is 2.78. The molecule has 0 fully saturated rings. The van der Waals surface area contributed by atoms with E-state index in [4.69, 9.17) is 49.0 Å². The minimum atomic E-state index is -1.88. The molecule has 2 N–H and O–H groups in total. The van der Waals surface area contributed by atoms with Crippen LogP contribution < -0.4 is 10.1 Å². The third-order valence-corrected chi connectivity index (χ3v) is 6.87. The number of fused-ring (bicyclic) bond motifs is 1. The molecule has 0 radical (unpaired) electrons. The third kappa shape index (κ3) is 8.52. The van der Waals surface area contributed by atoms with Crippen LogP contribution in [0.2, 0.25) is 0 Å². The lowest BCUT2D eigenvalue weighted by molar-refractivity contribution is -0.143. The molecule has 1 amide bonds.